The molecule has 0 saturated carbocycles. The van der Waals surface area contributed by atoms with Crippen LogP contribution in [0.5, 0.6) is 0 Å². The fraction of sp³-hybridized carbons (Fsp3) is 0.333. The number of ether oxygens (including phenoxy) is 1. The first-order valence-electron chi connectivity index (χ1n) is 5.25. The molecule has 20 heavy (non-hydrogen) atoms. The summed E-state index contributed by atoms with van der Waals surface area (Å²) in [5.41, 5.74) is -4.09. The van der Waals surface area contributed by atoms with Gasteiger partial charge in [0.05, 0.1) is 19.1 Å². The van der Waals surface area contributed by atoms with Crippen LogP contribution in [0.15, 0.2) is 17.0 Å². The summed E-state index contributed by atoms with van der Waals surface area (Å²) in [5.74, 6) is -0.707. The SMILES string of the molecule is COC(=O)Cc1cc(CCl)c(C#N)c(SC(F)(F)F)c1. The van der Waals surface area contributed by atoms with E-state index in [0.717, 1.165) is 6.07 Å². The van der Waals surface area contributed by atoms with E-state index < -0.39 is 23.2 Å². The van der Waals surface area contributed by atoms with Crippen LogP contribution in [0.25, 0.3) is 0 Å². The largest absolute Gasteiger partial charge is 0.469 e. The van der Waals surface area contributed by atoms with Crippen molar-refractivity contribution >= 4 is 29.3 Å². The summed E-state index contributed by atoms with van der Waals surface area (Å²) >= 11 is 5.24. The van der Waals surface area contributed by atoms with E-state index in [-0.39, 0.29) is 28.3 Å². The summed E-state index contributed by atoms with van der Waals surface area (Å²) < 4.78 is 41.9. The maximum atomic E-state index is 12.5. The molecule has 0 fully saturated rings. The van der Waals surface area contributed by atoms with Gasteiger partial charge in [-0.15, -0.1) is 11.6 Å². The van der Waals surface area contributed by atoms with E-state index >= 15 is 0 Å². The van der Waals surface area contributed by atoms with E-state index in [4.69, 9.17) is 16.9 Å². The maximum absolute atomic E-state index is 12.5. The number of hydrogen-bond acceptors (Lipinski definition) is 4. The predicted molar refractivity (Wildman–Crippen MR) is 68.3 cm³/mol. The van der Waals surface area contributed by atoms with Gasteiger partial charge in [-0.3, -0.25) is 4.79 Å². The van der Waals surface area contributed by atoms with E-state index in [1.165, 1.54) is 13.2 Å². The highest BCUT2D eigenvalue weighted by Crippen LogP contribution is 2.40. The van der Waals surface area contributed by atoms with Crippen LogP contribution in [-0.2, 0) is 21.8 Å². The lowest BCUT2D eigenvalue weighted by molar-refractivity contribution is -0.139. The fourth-order valence-corrected chi connectivity index (χ4v) is 2.46. The lowest BCUT2D eigenvalue weighted by atomic mass is 10.0. The molecular formula is C12H9ClF3NO2S. The molecule has 1 aromatic rings. The Bertz CT molecular complexity index is 555. The van der Waals surface area contributed by atoms with Crippen LogP contribution in [0.2, 0.25) is 0 Å². The summed E-state index contributed by atoms with van der Waals surface area (Å²) in [5, 5.41) is 8.97. The van der Waals surface area contributed by atoms with Gasteiger partial charge >= 0.3 is 11.5 Å². The molecule has 3 nitrogen and oxygen atoms in total. The van der Waals surface area contributed by atoms with Gasteiger partial charge in [-0.25, -0.2) is 0 Å². The van der Waals surface area contributed by atoms with Crippen molar-refractivity contribution in [3.63, 3.8) is 0 Å². The fourth-order valence-electron chi connectivity index (χ4n) is 1.51. The minimum absolute atomic E-state index is 0.122. The molecular weight excluding hydrogens is 315 g/mol. The lowest BCUT2D eigenvalue weighted by Gasteiger charge is -2.12. The summed E-state index contributed by atoms with van der Waals surface area (Å²) in [6.07, 6.45) is -0.183. The van der Waals surface area contributed by atoms with Crippen molar-refractivity contribution in [2.24, 2.45) is 0 Å². The van der Waals surface area contributed by atoms with Crippen molar-refractivity contribution in [3.8, 4) is 6.07 Å². The average molecular weight is 324 g/mol. The number of nitrogens with zero attached hydrogens (tertiary/aromatic N) is 1. The molecule has 0 aliphatic carbocycles. The number of halogens is 4. The quantitative estimate of drug-likeness (QED) is 0.482. The van der Waals surface area contributed by atoms with Crippen LogP contribution in [0.4, 0.5) is 13.2 Å². The summed E-state index contributed by atoms with van der Waals surface area (Å²) in [7, 11) is 1.18. The van der Waals surface area contributed by atoms with Crippen LogP contribution >= 0.6 is 23.4 Å². The van der Waals surface area contributed by atoms with Gasteiger partial charge in [0.2, 0.25) is 0 Å². The molecule has 0 radical (unpaired) electrons. The Morgan fingerprint density at radius 2 is 2.15 bits per heavy atom. The zero-order chi connectivity index (χ0) is 15.3. The van der Waals surface area contributed by atoms with Gasteiger partial charge in [0, 0.05) is 10.8 Å². The van der Waals surface area contributed by atoms with Gasteiger partial charge in [0.1, 0.15) is 6.07 Å². The van der Waals surface area contributed by atoms with Gasteiger partial charge in [0.25, 0.3) is 0 Å². The number of alkyl halides is 4. The van der Waals surface area contributed by atoms with E-state index in [0.29, 0.717) is 5.56 Å². The second-order valence-electron chi connectivity index (χ2n) is 3.67. The second-order valence-corrected chi connectivity index (χ2v) is 5.05. The number of carbonyl (C=O) groups is 1. The minimum Gasteiger partial charge on any atom is -0.469 e. The molecule has 0 atom stereocenters. The first-order chi connectivity index (χ1) is 9.30. The molecule has 0 amide bonds. The molecule has 1 aromatic carbocycles. The molecule has 1 rings (SSSR count). The summed E-state index contributed by atoms with van der Waals surface area (Å²) in [4.78, 5) is 10.9. The van der Waals surface area contributed by atoms with Crippen LogP contribution in [-0.4, -0.2) is 18.6 Å². The van der Waals surface area contributed by atoms with Gasteiger partial charge < -0.3 is 4.74 Å². The van der Waals surface area contributed by atoms with Crippen molar-refractivity contribution in [2.45, 2.75) is 22.7 Å². The highest BCUT2D eigenvalue weighted by Gasteiger charge is 2.31. The molecule has 0 aromatic heterocycles. The first-order valence-corrected chi connectivity index (χ1v) is 6.60. The normalized spacial score (nSPS) is 11.0. The molecule has 0 saturated heterocycles. The van der Waals surface area contributed by atoms with Gasteiger partial charge in [-0.05, 0) is 29.0 Å². The molecule has 0 unspecified atom stereocenters. The van der Waals surface area contributed by atoms with Crippen LogP contribution in [0.3, 0.4) is 0 Å². The molecule has 0 aliphatic heterocycles. The topological polar surface area (TPSA) is 50.1 Å². The number of hydrogen-bond donors (Lipinski definition) is 0. The Morgan fingerprint density at radius 1 is 1.50 bits per heavy atom. The number of rotatable bonds is 4. The molecule has 0 aliphatic rings. The number of nitriles is 1. The average Bonchev–Trinajstić information content (AvgIpc) is 2.36. The smallest absolute Gasteiger partial charge is 0.446 e. The zero-order valence-electron chi connectivity index (χ0n) is 10.3. The molecule has 108 valence electrons. The second kappa shape index (κ2) is 6.86. The Labute approximate surface area is 122 Å². The summed E-state index contributed by atoms with van der Waals surface area (Å²) in [6.45, 7) is 0. The van der Waals surface area contributed by atoms with E-state index in [2.05, 4.69) is 4.74 Å². The third-order valence-electron chi connectivity index (χ3n) is 2.30. The standard InChI is InChI=1S/C12H9ClF3NO2S/c1-19-11(18)4-7-2-8(5-13)9(6-17)10(3-7)20-12(14,15)16/h2-3H,4-5H2,1H3. The van der Waals surface area contributed by atoms with Crippen LogP contribution in [0, 0.1) is 11.3 Å². The third-order valence-corrected chi connectivity index (χ3v) is 3.36. The number of benzene rings is 1. The third kappa shape index (κ3) is 4.62. The van der Waals surface area contributed by atoms with E-state index in [1.807, 2.05) is 0 Å². The van der Waals surface area contributed by atoms with E-state index in [9.17, 15) is 18.0 Å². The Hall–Kier alpha value is -1.39. The predicted octanol–water partition coefficient (Wildman–Crippen LogP) is 3.62. The van der Waals surface area contributed by atoms with Crippen LogP contribution in [0.1, 0.15) is 16.7 Å². The van der Waals surface area contributed by atoms with Crippen molar-refractivity contribution in [1.82, 2.24) is 0 Å². The maximum Gasteiger partial charge on any atom is 0.446 e. The van der Waals surface area contributed by atoms with Crippen molar-refractivity contribution in [1.29, 1.82) is 5.26 Å². The Kier molecular flexibility index (Phi) is 5.72. The molecule has 0 N–H and O–H groups in total. The Balaban J connectivity index is 3.28. The van der Waals surface area contributed by atoms with Crippen molar-refractivity contribution in [2.75, 3.05) is 7.11 Å². The highest BCUT2D eigenvalue weighted by molar-refractivity contribution is 8.00. The number of thioether (sulfide) groups is 1. The highest BCUT2D eigenvalue weighted by atomic mass is 35.5. The first kappa shape index (κ1) is 16.7. The van der Waals surface area contributed by atoms with Gasteiger partial charge in [0.15, 0.2) is 0 Å². The molecule has 0 bridgehead atoms. The lowest BCUT2D eigenvalue weighted by Crippen LogP contribution is -2.07. The van der Waals surface area contributed by atoms with Crippen molar-refractivity contribution < 1.29 is 22.7 Å². The van der Waals surface area contributed by atoms with Gasteiger partial charge in [-0.1, -0.05) is 6.07 Å². The number of esters is 1. The zero-order valence-corrected chi connectivity index (χ0v) is 11.8. The molecule has 8 heteroatoms. The van der Waals surface area contributed by atoms with Crippen LogP contribution < -0.4 is 0 Å². The Morgan fingerprint density at radius 3 is 2.60 bits per heavy atom. The summed E-state index contributed by atoms with van der Waals surface area (Å²) in [6, 6.07) is 4.30. The monoisotopic (exact) mass is 323 g/mol. The van der Waals surface area contributed by atoms with Crippen molar-refractivity contribution in [3.05, 3.63) is 28.8 Å². The molecule has 0 spiro atoms. The van der Waals surface area contributed by atoms with Gasteiger partial charge in [-0.2, -0.15) is 18.4 Å². The molecule has 0 heterocycles. The number of methoxy groups -OCH3 is 1. The minimum atomic E-state index is -4.53. The number of carbonyl (C=O) groups excluding carboxylic acids is 1. The van der Waals surface area contributed by atoms with E-state index in [1.54, 1.807) is 6.07 Å².